The third-order valence-corrected chi connectivity index (χ3v) is 4.12. The number of benzene rings is 2. The summed E-state index contributed by atoms with van der Waals surface area (Å²) in [5, 5.41) is 0.735. The lowest BCUT2D eigenvalue weighted by molar-refractivity contribution is 0.0440. The van der Waals surface area contributed by atoms with Crippen molar-refractivity contribution in [3.63, 3.8) is 0 Å². The molecule has 128 valence electrons. The molecule has 0 aliphatic rings. The second-order valence-corrected chi connectivity index (χ2v) is 5.87. The van der Waals surface area contributed by atoms with E-state index in [2.05, 4.69) is 4.98 Å². The quantitative estimate of drug-likeness (QED) is 0.367. The molecule has 1 aromatic heterocycles. The number of para-hydroxylation sites is 2. The Balaban J connectivity index is 1.65. The van der Waals surface area contributed by atoms with Gasteiger partial charge in [0.05, 0.1) is 6.20 Å². The van der Waals surface area contributed by atoms with Crippen molar-refractivity contribution < 1.29 is 14.3 Å². The number of hydrogen-bond donors (Lipinski definition) is 0. The molecule has 6 heteroatoms. The number of esters is 1. The van der Waals surface area contributed by atoms with Crippen molar-refractivity contribution in [1.82, 2.24) is 9.55 Å². The molecular weight excluding hydrogens is 336 g/mol. The first-order chi connectivity index (χ1) is 12.3. The van der Waals surface area contributed by atoms with Crippen LogP contribution >= 0.6 is 11.8 Å². The van der Waals surface area contributed by atoms with Crippen LogP contribution in [0.3, 0.4) is 0 Å². The fraction of sp³-hybridized carbons (Fsp3) is 0.158. The first-order valence-corrected chi connectivity index (χ1v) is 9.04. The van der Waals surface area contributed by atoms with Crippen molar-refractivity contribution in [2.75, 3.05) is 19.5 Å². The van der Waals surface area contributed by atoms with Crippen LogP contribution < -0.4 is 4.74 Å². The molecule has 0 unspecified atom stereocenters. The molecule has 5 nitrogen and oxygen atoms in total. The summed E-state index contributed by atoms with van der Waals surface area (Å²) in [7, 11) is 0. The maximum Gasteiger partial charge on any atom is 0.357 e. The minimum Gasteiger partial charge on any atom is -0.490 e. The average Bonchev–Trinajstić information content (AvgIpc) is 3.11. The number of carbonyl (C=O) groups is 1. The zero-order valence-electron chi connectivity index (χ0n) is 13.8. The predicted molar refractivity (Wildman–Crippen MR) is 97.6 cm³/mol. The molecule has 3 aromatic rings. The average molecular weight is 354 g/mol. The maximum atomic E-state index is 12.4. The fourth-order valence-electron chi connectivity index (χ4n) is 2.33. The number of carbonyl (C=O) groups excluding carboxylic acids is 1. The van der Waals surface area contributed by atoms with Crippen LogP contribution in [0.1, 0.15) is 10.5 Å². The van der Waals surface area contributed by atoms with Gasteiger partial charge in [0.1, 0.15) is 19.0 Å². The minimum absolute atomic E-state index is 0.169. The van der Waals surface area contributed by atoms with Crippen LogP contribution in [-0.2, 0) is 4.74 Å². The minimum atomic E-state index is -0.423. The lowest BCUT2D eigenvalue weighted by Gasteiger charge is -2.11. The van der Waals surface area contributed by atoms with E-state index in [0.29, 0.717) is 12.3 Å². The van der Waals surface area contributed by atoms with Gasteiger partial charge >= 0.3 is 5.97 Å². The number of rotatable bonds is 7. The summed E-state index contributed by atoms with van der Waals surface area (Å²) < 4.78 is 12.7. The number of ether oxygens (including phenoxy) is 2. The van der Waals surface area contributed by atoms with E-state index in [4.69, 9.17) is 9.47 Å². The van der Waals surface area contributed by atoms with Gasteiger partial charge in [0, 0.05) is 5.69 Å². The number of thioether (sulfide) groups is 1. The van der Waals surface area contributed by atoms with Gasteiger partial charge in [-0.05, 0) is 30.5 Å². The van der Waals surface area contributed by atoms with Crippen LogP contribution in [0.25, 0.3) is 5.69 Å². The van der Waals surface area contributed by atoms with E-state index in [9.17, 15) is 4.79 Å². The van der Waals surface area contributed by atoms with Gasteiger partial charge in [-0.3, -0.25) is 4.57 Å². The Morgan fingerprint density at radius 2 is 1.72 bits per heavy atom. The Kier molecular flexibility index (Phi) is 5.74. The Morgan fingerprint density at radius 3 is 2.40 bits per heavy atom. The number of imidazole rings is 1. The Morgan fingerprint density at radius 1 is 1.04 bits per heavy atom. The normalized spacial score (nSPS) is 10.4. The molecule has 1 heterocycles. The van der Waals surface area contributed by atoms with Gasteiger partial charge in [-0.2, -0.15) is 0 Å². The van der Waals surface area contributed by atoms with Gasteiger partial charge < -0.3 is 9.47 Å². The fourth-order valence-corrected chi connectivity index (χ4v) is 2.88. The van der Waals surface area contributed by atoms with Crippen molar-refractivity contribution in [2.24, 2.45) is 0 Å². The van der Waals surface area contributed by atoms with Gasteiger partial charge in [0.2, 0.25) is 0 Å². The molecule has 0 radical (unpaired) electrons. The molecule has 0 bridgehead atoms. The number of nitrogens with zero attached hydrogens (tertiary/aromatic N) is 2. The molecule has 0 saturated carbocycles. The van der Waals surface area contributed by atoms with E-state index in [0.717, 1.165) is 16.6 Å². The van der Waals surface area contributed by atoms with Crippen LogP contribution in [-0.4, -0.2) is 35.0 Å². The zero-order chi connectivity index (χ0) is 17.5. The largest absolute Gasteiger partial charge is 0.490 e. The van der Waals surface area contributed by atoms with E-state index in [-0.39, 0.29) is 6.61 Å². The molecule has 0 amide bonds. The Hall–Kier alpha value is -2.73. The Bertz CT molecular complexity index is 819. The van der Waals surface area contributed by atoms with Gasteiger partial charge in [-0.25, -0.2) is 9.78 Å². The lowest BCUT2D eigenvalue weighted by atomic mass is 10.3. The van der Waals surface area contributed by atoms with Crippen LogP contribution in [0, 0.1) is 0 Å². The predicted octanol–water partition coefficient (Wildman–Crippen LogP) is 3.83. The number of aromatic nitrogens is 2. The summed E-state index contributed by atoms with van der Waals surface area (Å²) in [5.74, 6) is 0.325. The van der Waals surface area contributed by atoms with Crippen LogP contribution in [0.15, 0.2) is 72.0 Å². The molecular formula is C19H18N2O3S. The summed E-state index contributed by atoms with van der Waals surface area (Å²) in [6.45, 7) is 0.465. The highest BCUT2D eigenvalue weighted by Gasteiger charge is 2.18. The second kappa shape index (κ2) is 8.39. The molecule has 3 rings (SSSR count). The first kappa shape index (κ1) is 17.1. The van der Waals surface area contributed by atoms with E-state index < -0.39 is 5.97 Å². The summed E-state index contributed by atoms with van der Waals surface area (Å²) in [6, 6.07) is 19.0. The molecule has 2 aromatic carbocycles. The highest BCUT2D eigenvalue weighted by Crippen LogP contribution is 2.22. The molecule has 0 fully saturated rings. The van der Waals surface area contributed by atoms with E-state index in [1.165, 1.54) is 11.8 Å². The highest BCUT2D eigenvalue weighted by molar-refractivity contribution is 7.98. The monoisotopic (exact) mass is 354 g/mol. The van der Waals surface area contributed by atoms with E-state index >= 15 is 0 Å². The molecule has 0 atom stereocenters. The molecule has 0 aliphatic heterocycles. The zero-order valence-corrected chi connectivity index (χ0v) is 14.6. The number of hydrogen-bond acceptors (Lipinski definition) is 5. The van der Waals surface area contributed by atoms with Crippen molar-refractivity contribution in [3.8, 4) is 11.4 Å². The molecule has 0 spiro atoms. The van der Waals surface area contributed by atoms with Gasteiger partial charge in [0.15, 0.2) is 10.9 Å². The van der Waals surface area contributed by atoms with E-state index in [1.807, 2.05) is 66.9 Å². The standard InChI is InChI=1S/C19H18N2O3S/c1-25-19-20-14-17(21(19)15-8-4-2-5-9-15)18(22)24-13-12-23-16-10-6-3-7-11-16/h2-11,14H,12-13H2,1H3. The van der Waals surface area contributed by atoms with Crippen molar-refractivity contribution in [1.29, 1.82) is 0 Å². The molecule has 25 heavy (non-hydrogen) atoms. The topological polar surface area (TPSA) is 53.4 Å². The van der Waals surface area contributed by atoms with Crippen LogP contribution in [0.2, 0.25) is 0 Å². The van der Waals surface area contributed by atoms with E-state index in [1.54, 1.807) is 10.8 Å². The van der Waals surface area contributed by atoms with Crippen molar-refractivity contribution >= 4 is 17.7 Å². The molecule has 0 N–H and O–H groups in total. The lowest BCUT2D eigenvalue weighted by Crippen LogP contribution is -2.15. The van der Waals surface area contributed by atoms with Gasteiger partial charge in [-0.1, -0.05) is 48.2 Å². The highest BCUT2D eigenvalue weighted by atomic mass is 32.2. The van der Waals surface area contributed by atoms with Crippen molar-refractivity contribution in [2.45, 2.75) is 5.16 Å². The summed E-state index contributed by atoms with van der Waals surface area (Å²) in [4.78, 5) is 16.7. The summed E-state index contributed by atoms with van der Waals surface area (Å²) in [5.41, 5.74) is 1.27. The van der Waals surface area contributed by atoms with Crippen molar-refractivity contribution in [3.05, 3.63) is 72.6 Å². The van der Waals surface area contributed by atoms with Gasteiger partial charge in [-0.15, -0.1) is 0 Å². The molecule has 0 saturated heterocycles. The van der Waals surface area contributed by atoms with Gasteiger partial charge in [0.25, 0.3) is 0 Å². The second-order valence-electron chi connectivity index (χ2n) is 5.10. The van der Waals surface area contributed by atoms with Crippen LogP contribution in [0.4, 0.5) is 0 Å². The summed E-state index contributed by atoms with van der Waals surface area (Å²) in [6.07, 6.45) is 3.46. The summed E-state index contributed by atoms with van der Waals surface area (Å²) >= 11 is 1.47. The third-order valence-electron chi connectivity index (χ3n) is 3.46. The Labute approximate surface area is 150 Å². The first-order valence-electron chi connectivity index (χ1n) is 7.81. The third kappa shape index (κ3) is 4.22. The maximum absolute atomic E-state index is 12.4. The van der Waals surface area contributed by atoms with Crippen LogP contribution in [0.5, 0.6) is 5.75 Å². The smallest absolute Gasteiger partial charge is 0.357 e. The SMILES string of the molecule is CSc1ncc(C(=O)OCCOc2ccccc2)n1-c1ccccc1. The molecule has 0 aliphatic carbocycles.